The summed E-state index contributed by atoms with van der Waals surface area (Å²) in [6.45, 7) is 2.68. The number of rotatable bonds is 4. The number of aryl methyl sites for hydroxylation is 1. The van der Waals surface area contributed by atoms with Crippen molar-refractivity contribution in [3.05, 3.63) is 50.7 Å². The number of hydrogen-bond donors (Lipinski definition) is 3. The van der Waals surface area contributed by atoms with Gasteiger partial charge in [0.25, 0.3) is 11.8 Å². The van der Waals surface area contributed by atoms with Gasteiger partial charge in [-0.05, 0) is 24.6 Å². The fourth-order valence-corrected chi connectivity index (χ4v) is 4.32. The number of ether oxygens (including phenoxy) is 1. The van der Waals surface area contributed by atoms with E-state index in [-0.39, 0.29) is 10.7 Å². The second kappa shape index (κ2) is 7.85. The lowest BCUT2D eigenvalue weighted by Gasteiger charge is -2.11. The van der Waals surface area contributed by atoms with Gasteiger partial charge in [-0.25, -0.2) is 14.4 Å². The highest BCUT2D eigenvalue weighted by molar-refractivity contribution is 7.17. The third-order valence-corrected chi connectivity index (χ3v) is 6.08. The Kier molecular flexibility index (Phi) is 5.26. The number of nitrogens with two attached hydrogens (primary N) is 1. The number of amides is 2. The van der Waals surface area contributed by atoms with Crippen LogP contribution in [0.4, 0.5) is 20.3 Å². The average molecular weight is 433 g/mol. The smallest absolute Gasteiger partial charge is 0.267 e. The van der Waals surface area contributed by atoms with Crippen LogP contribution < -0.4 is 16.4 Å². The van der Waals surface area contributed by atoms with E-state index in [1.165, 1.54) is 29.7 Å². The number of aromatic nitrogens is 2. The Morgan fingerprint density at radius 3 is 2.79 bits per heavy atom. The fraction of sp³-hybridized carbons (Fsp3) is 0.222. The van der Waals surface area contributed by atoms with Gasteiger partial charge in [-0.1, -0.05) is 22.7 Å². The van der Waals surface area contributed by atoms with Crippen LogP contribution in [0.1, 0.15) is 36.2 Å². The van der Waals surface area contributed by atoms with Crippen molar-refractivity contribution < 1.29 is 18.7 Å². The molecule has 1 aromatic carbocycles. The normalized spacial score (nSPS) is 13.0. The predicted molar refractivity (Wildman–Crippen MR) is 109 cm³/mol. The van der Waals surface area contributed by atoms with Crippen LogP contribution in [0, 0.1) is 12.7 Å². The number of fused-ring (bicyclic) bond motifs is 1. The summed E-state index contributed by atoms with van der Waals surface area (Å²) >= 11 is 2.34. The lowest BCUT2D eigenvalue weighted by atomic mass is 10.1. The number of carbonyl (C=O) groups is 2. The average Bonchev–Trinajstić information content (AvgIpc) is 3.29. The predicted octanol–water partition coefficient (Wildman–Crippen LogP) is 3.21. The minimum Gasteiger partial charge on any atom is -0.375 e. The van der Waals surface area contributed by atoms with Crippen molar-refractivity contribution in [3.63, 3.8) is 0 Å². The lowest BCUT2D eigenvalue weighted by molar-refractivity contribution is 0.101. The molecule has 0 spiro atoms. The maximum absolute atomic E-state index is 14.4. The number of hydrogen-bond acceptors (Lipinski definition) is 8. The Balaban J connectivity index is 1.55. The highest BCUT2D eigenvalue weighted by Gasteiger charge is 2.20. The van der Waals surface area contributed by atoms with Gasteiger partial charge in [-0.3, -0.25) is 14.9 Å². The molecule has 0 fully saturated rings. The highest BCUT2D eigenvalue weighted by atomic mass is 32.1. The molecule has 1 aliphatic heterocycles. The summed E-state index contributed by atoms with van der Waals surface area (Å²) in [4.78, 5) is 34.4. The molecule has 0 bridgehead atoms. The van der Waals surface area contributed by atoms with E-state index >= 15 is 0 Å². The summed E-state index contributed by atoms with van der Waals surface area (Å²) in [5.41, 5.74) is 7.03. The monoisotopic (exact) mass is 433 g/mol. The molecule has 3 heterocycles. The van der Waals surface area contributed by atoms with Crippen molar-refractivity contribution in [3.8, 4) is 0 Å². The Hall–Kier alpha value is -2.89. The molecule has 2 amide bonds. The molecule has 0 unspecified atom stereocenters. The molecule has 0 radical (unpaired) electrons. The molecule has 4 rings (SSSR count). The number of anilines is 3. The molecular weight excluding hydrogens is 417 g/mol. The first kappa shape index (κ1) is 19.4. The number of nitrogen functional groups attached to an aromatic ring is 1. The van der Waals surface area contributed by atoms with Gasteiger partial charge in [0.05, 0.1) is 35.5 Å². The van der Waals surface area contributed by atoms with Gasteiger partial charge in [0, 0.05) is 12.1 Å². The second-order valence-electron chi connectivity index (χ2n) is 6.31. The molecule has 0 saturated carbocycles. The number of nitrogens with zero attached hydrogens (tertiary/aromatic N) is 2. The van der Waals surface area contributed by atoms with Gasteiger partial charge in [0.15, 0.2) is 10.3 Å². The molecule has 4 N–H and O–H groups in total. The molecule has 0 atom stereocenters. The summed E-state index contributed by atoms with van der Waals surface area (Å²) in [6, 6.07) is 2.51. The third kappa shape index (κ3) is 4.11. The van der Waals surface area contributed by atoms with Crippen LogP contribution in [0.5, 0.6) is 0 Å². The quantitative estimate of drug-likeness (QED) is 0.581. The van der Waals surface area contributed by atoms with E-state index in [2.05, 4.69) is 20.6 Å². The van der Waals surface area contributed by atoms with Crippen molar-refractivity contribution in [1.82, 2.24) is 9.97 Å². The number of benzene rings is 1. The molecule has 150 valence electrons. The maximum atomic E-state index is 14.4. The lowest BCUT2D eigenvalue weighted by Crippen LogP contribution is -2.16. The van der Waals surface area contributed by atoms with Crippen molar-refractivity contribution in [2.75, 3.05) is 23.0 Å². The van der Waals surface area contributed by atoms with Crippen molar-refractivity contribution in [2.45, 2.75) is 20.0 Å². The number of thiazole rings is 2. The van der Waals surface area contributed by atoms with Gasteiger partial charge in [0.2, 0.25) is 0 Å². The van der Waals surface area contributed by atoms with Crippen LogP contribution in [0.2, 0.25) is 0 Å². The number of nitrogens with one attached hydrogen (secondary N) is 2. The van der Waals surface area contributed by atoms with E-state index in [4.69, 9.17) is 10.5 Å². The number of halogens is 1. The molecule has 29 heavy (non-hydrogen) atoms. The molecule has 1 aliphatic rings. The van der Waals surface area contributed by atoms with Crippen molar-refractivity contribution in [2.24, 2.45) is 0 Å². The topological polar surface area (TPSA) is 119 Å². The summed E-state index contributed by atoms with van der Waals surface area (Å²) in [5.74, 6) is -1.77. The molecule has 11 heteroatoms. The van der Waals surface area contributed by atoms with Crippen LogP contribution in [-0.4, -0.2) is 28.4 Å². The van der Waals surface area contributed by atoms with Gasteiger partial charge >= 0.3 is 0 Å². The van der Waals surface area contributed by atoms with E-state index in [1.54, 1.807) is 6.92 Å². The standard InChI is InChI=1S/C18H16FN5O3S2/c1-8-4-10(19)9(5-12(8)22-16(26)13-6-21-17(20)28-13)15(25)24-18-23-11-2-3-27-7-14(11)29-18/h4-6H,2-3,7H2,1H3,(H2,20,21)(H,22,26)(H,23,24,25). The first-order valence-corrected chi connectivity index (χ1v) is 10.2. The van der Waals surface area contributed by atoms with Crippen LogP contribution in [0.25, 0.3) is 0 Å². The van der Waals surface area contributed by atoms with Gasteiger partial charge in [0.1, 0.15) is 10.7 Å². The highest BCUT2D eigenvalue weighted by Crippen LogP contribution is 2.28. The van der Waals surface area contributed by atoms with Crippen LogP contribution >= 0.6 is 22.7 Å². The van der Waals surface area contributed by atoms with Crippen LogP contribution in [0.15, 0.2) is 18.3 Å². The van der Waals surface area contributed by atoms with E-state index < -0.39 is 17.6 Å². The molecular formula is C18H16FN5O3S2. The Bertz CT molecular complexity index is 1090. The molecule has 3 aromatic rings. The SMILES string of the molecule is Cc1cc(F)c(C(=O)Nc2nc3c(s2)COCC3)cc1NC(=O)c1cnc(N)s1. The zero-order valence-corrected chi connectivity index (χ0v) is 16.9. The first-order chi connectivity index (χ1) is 13.9. The van der Waals surface area contributed by atoms with Crippen LogP contribution in [0.3, 0.4) is 0 Å². The van der Waals surface area contributed by atoms with Gasteiger partial charge in [-0.2, -0.15) is 0 Å². The van der Waals surface area contributed by atoms with Crippen LogP contribution in [-0.2, 0) is 17.8 Å². The minimum atomic E-state index is -0.690. The van der Waals surface area contributed by atoms with E-state index in [1.807, 2.05) is 0 Å². The Morgan fingerprint density at radius 1 is 1.24 bits per heavy atom. The molecule has 0 aliphatic carbocycles. The molecule has 2 aromatic heterocycles. The molecule has 0 saturated heterocycles. The Morgan fingerprint density at radius 2 is 2.07 bits per heavy atom. The van der Waals surface area contributed by atoms with Gasteiger partial charge in [-0.15, -0.1) is 0 Å². The maximum Gasteiger partial charge on any atom is 0.267 e. The minimum absolute atomic E-state index is 0.195. The summed E-state index contributed by atoms with van der Waals surface area (Å²) in [5, 5.41) is 5.94. The zero-order chi connectivity index (χ0) is 20.5. The number of carbonyl (C=O) groups excluding carboxylic acids is 2. The van der Waals surface area contributed by atoms with E-state index in [0.29, 0.717) is 40.9 Å². The summed E-state index contributed by atoms with van der Waals surface area (Å²) in [6.07, 6.45) is 2.04. The first-order valence-electron chi connectivity index (χ1n) is 8.61. The van der Waals surface area contributed by atoms with Crippen molar-refractivity contribution >= 4 is 50.4 Å². The Labute approximate surface area is 172 Å². The fourth-order valence-electron chi connectivity index (χ4n) is 2.80. The van der Waals surface area contributed by atoms with Crippen molar-refractivity contribution in [1.29, 1.82) is 0 Å². The second-order valence-corrected chi connectivity index (χ2v) is 8.46. The summed E-state index contributed by atoms with van der Waals surface area (Å²) in [7, 11) is 0. The zero-order valence-electron chi connectivity index (χ0n) is 15.2. The van der Waals surface area contributed by atoms with Gasteiger partial charge < -0.3 is 15.8 Å². The largest absolute Gasteiger partial charge is 0.375 e. The van der Waals surface area contributed by atoms with E-state index in [0.717, 1.165) is 21.9 Å². The van der Waals surface area contributed by atoms with E-state index in [9.17, 15) is 14.0 Å². The molecule has 8 nitrogen and oxygen atoms in total. The summed E-state index contributed by atoms with van der Waals surface area (Å²) < 4.78 is 19.8. The third-order valence-electron chi connectivity index (χ3n) is 4.27.